The maximum atomic E-state index is 11.9. The number of aromatic nitrogens is 5. The summed E-state index contributed by atoms with van der Waals surface area (Å²) in [4.78, 5) is 32.4. The number of hydrogen-bond acceptors (Lipinski definition) is 6. The number of benzene rings is 1. The molecule has 9 nitrogen and oxygen atoms in total. The van der Waals surface area contributed by atoms with Gasteiger partial charge in [-0.25, -0.2) is 19.7 Å². The van der Waals surface area contributed by atoms with E-state index in [2.05, 4.69) is 35.6 Å². The number of imidazole rings is 1. The smallest absolute Gasteiger partial charge is 0.321 e. The number of urea groups is 1. The van der Waals surface area contributed by atoms with Crippen LogP contribution in [0.5, 0.6) is 6.01 Å². The Labute approximate surface area is 166 Å². The Morgan fingerprint density at radius 1 is 1.14 bits per heavy atom. The second-order valence-corrected chi connectivity index (χ2v) is 6.16. The minimum atomic E-state index is -0.324. The van der Waals surface area contributed by atoms with Gasteiger partial charge in [0.05, 0.1) is 23.8 Å². The largest absolute Gasteiger partial charge is 0.467 e. The minimum Gasteiger partial charge on any atom is -0.467 e. The molecular weight excluding hydrogens is 370 g/mol. The molecule has 0 atom stereocenters. The topological polar surface area (TPSA) is 118 Å². The van der Waals surface area contributed by atoms with Crippen molar-refractivity contribution in [3.05, 3.63) is 48.9 Å². The molecule has 3 aromatic heterocycles. The van der Waals surface area contributed by atoms with Crippen LogP contribution in [0.4, 0.5) is 10.7 Å². The first-order valence-electron chi connectivity index (χ1n) is 9.04. The SMILES string of the molecule is CCNC(=O)Nc1nc2cc(-c3cnc(OC)nc3)cc(-c3ccccn3)c2[nH]1. The zero-order valence-corrected chi connectivity index (χ0v) is 15.9. The standard InChI is InChI=1S/C20H19N7O2/c1-3-21-19(28)27-18-25-16-9-12(13-10-23-20(29-2)24-11-13)8-14(17(16)26-18)15-6-4-5-7-22-15/h4-11H,3H2,1-2H3,(H3,21,25,26,27,28). The Kier molecular flexibility index (Phi) is 5.02. The normalized spacial score (nSPS) is 10.7. The molecule has 4 aromatic rings. The van der Waals surface area contributed by atoms with E-state index in [9.17, 15) is 4.79 Å². The Balaban J connectivity index is 1.84. The first-order chi connectivity index (χ1) is 14.2. The van der Waals surface area contributed by atoms with Crippen molar-refractivity contribution < 1.29 is 9.53 Å². The van der Waals surface area contributed by atoms with E-state index >= 15 is 0 Å². The second-order valence-electron chi connectivity index (χ2n) is 6.16. The summed E-state index contributed by atoms with van der Waals surface area (Å²) in [5.41, 5.74) is 4.77. The van der Waals surface area contributed by atoms with Crippen molar-refractivity contribution in [1.82, 2.24) is 30.2 Å². The van der Waals surface area contributed by atoms with Crippen molar-refractivity contribution in [1.29, 1.82) is 0 Å². The number of nitrogens with one attached hydrogen (secondary N) is 3. The predicted octanol–water partition coefficient (Wildman–Crippen LogP) is 3.23. The number of fused-ring (bicyclic) bond motifs is 1. The highest BCUT2D eigenvalue weighted by Crippen LogP contribution is 2.32. The number of ether oxygens (including phenoxy) is 1. The summed E-state index contributed by atoms with van der Waals surface area (Å²) in [6.45, 7) is 2.37. The summed E-state index contributed by atoms with van der Waals surface area (Å²) in [7, 11) is 1.52. The molecule has 2 amide bonds. The van der Waals surface area contributed by atoms with E-state index in [0.717, 1.165) is 27.9 Å². The zero-order valence-electron chi connectivity index (χ0n) is 15.9. The van der Waals surface area contributed by atoms with Crippen molar-refractivity contribution in [2.45, 2.75) is 6.92 Å². The Hall–Kier alpha value is -4.01. The molecule has 1 aromatic carbocycles. The molecule has 0 radical (unpaired) electrons. The molecule has 0 spiro atoms. The maximum Gasteiger partial charge on any atom is 0.321 e. The molecule has 146 valence electrons. The van der Waals surface area contributed by atoms with E-state index in [0.29, 0.717) is 24.0 Å². The third-order valence-corrected chi connectivity index (χ3v) is 4.25. The van der Waals surface area contributed by atoms with Gasteiger partial charge in [0.15, 0.2) is 0 Å². The van der Waals surface area contributed by atoms with Gasteiger partial charge in [-0.1, -0.05) is 6.07 Å². The van der Waals surface area contributed by atoms with Gasteiger partial charge in [0, 0.05) is 36.3 Å². The third kappa shape index (κ3) is 3.84. The fraction of sp³-hybridized carbons (Fsp3) is 0.150. The zero-order chi connectivity index (χ0) is 20.2. The highest BCUT2D eigenvalue weighted by molar-refractivity contribution is 5.97. The molecule has 29 heavy (non-hydrogen) atoms. The summed E-state index contributed by atoms with van der Waals surface area (Å²) < 4.78 is 5.03. The maximum absolute atomic E-state index is 11.9. The molecule has 0 aliphatic rings. The third-order valence-electron chi connectivity index (χ3n) is 4.25. The first-order valence-corrected chi connectivity index (χ1v) is 9.04. The molecule has 0 unspecified atom stereocenters. The van der Waals surface area contributed by atoms with Crippen LogP contribution in [0.15, 0.2) is 48.9 Å². The van der Waals surface area contributed by atoms with E-state index in [1.54, 1.807) is 18.6 Å². The number of nitrogens with zero attached hydrogens (tertiary/aromatic N) is 4. The van der Waals surface area contributed by atoms with Crippen LogP contribution in [0.1, 0.15) is 6.92 Å². The fourth-order valence-corrected chi connectivity index (χ4v) is 2.95. The van der Waals surface area contributed by atoms with Crippen molar-refractivity contribution in [3.8, 4) is 28.4 Å². The fourth-order valence-electron chi connectivity index (χ4n) is 2.95. The molecule has 3 heterocycles. The second kappa shape index (κ2) is 7.93. The van der Waals surface area contributed by atoms with Crippen LogP contribution in [0.3, 0.4) is 0 Å². The van der Waals surface area contributed by atoms with Crippen LogP contribution in [-0.4, -0.2) is 44.6 Å². The summed E-state index contributed by atoms with van der Waals surface area (Å²) >= 11 is 0. The number of aromatic amines is 1. The molecule has 0 bridgehead atoms. The summed E-state index contributed by atoms with van der Waals surface area (Å²) in [5.74, 6) is 0.353. The number of carbonyl (C=O) groups excluding carboxylic acids is 1. The summed E-state index contributed by atoms with van der Waals surface area (Å²) in [6.07, 6.45) is 5.11. The molecule has 0 saturated heterocycles. The van der Waals surface area contributed by atoms with Crippen LogP contribution < -0.4 is 15.4 Å². The van der Waals surface area contributed by atoms with E-state index < -0.39 is 0 Å². The number of rotatable bonds is 5. The first kappa shape index (κ1) is 18.4. The van der Waals surface area contributed by atoms with E-state index in [1.807, 2.05) is 37.3 Å². The number of methoxy groups -OCH3 is 1. The van der Waals surface area contributed by atoms with Gasteiger partial charge in [-0.15, -0.1) is 0 Å². The van der Waals surface area contributed by atoms with Gasteiger partial charge in [-0.2, -0.15) is 0 Å². The van der Waals surface area contributed by atoms with Crippen LogP contribution in [0.25, 0.3) is 33.4 Å². The molecule has 0 fully saturated rings. The van der Waals surface area contributed by atoms with Crippen LogP contribution >= 0.6 is 0 Å². The predicted molar refractivity (Wildman–Crippen MR) is 110 cm³/mol. The number of anilines is 1. The molecular formula is C20H19N7O2. The highest BCUT2D eigenvalue weighted by Gasteiger charge is 2.14. The Morgan fingerprint density at radius 2 is 1.97 bits per heavy atom. The highest BCUT2D eigenvalue weighted by atomic mass is 16.5. The van der Waals surface area contributed by atoms with Crippen molar-refractivity contribution in [2.24, 2.45) is 0 Å². The Morgan fingerprint density at radius 3 is 2.66 bits per heavy atom. The lowest BCUT2D eigenvalue weighted by Gasteiger charge is -2.07. The lowest BCUT2D eigenvalue weighted by molar-refractivity contribution is 0.252. The van der Waals surface area contributed by atoms with Crippen molar-refractivity contribution >= 4 is 23.0 Å². The van der Waals surface area contributed by atoms with Crippen LogP contribution in [0, 0.1) is 0 Å². The average Bonchev–Trinajstić information content (AvgIpc) is 3.16. The van der Waals surface area contributed by atoms with Gasteiger partial charge in [0.1, 0.15) is 0 Å². The lowest BCUT2D eigenvalue weighted by Crippen LogP contribution is -2.28. The van der Waals surface area contributed by atoms with Crippen LogP contribution in [-0.2, 0) is 0 Å². The summed E-state index contributed by atoms with van der Waals surface area (Å²) in [6, 6.07) is 9.57. The quantitative estimate of drug-likeness (QED) is 0.482. The number of carbonyl (C=O) groups is 1. The monoisotopic (exact) mass is 389 g/mol. The van der Waals surface area contributed by atoms with Gasteiger partial charge < -0.3 is 15.0 Å². The van der Waals surface area contributed by atoms with Gasteiger partial charge in [-0.05, 0) is 36.8 Å². The molecule has 0 saturated carbocycles. The molecule has 0 aliphatic carbocycles. The van der Waals surface area contributed by atoms with E-state index in [1.165, 1.54) is 7.11 Å². The number of pyridine rings is 1. The molecule has 3 N–H and O–H groups in total. The van der Waals surface area contributed by atoms with E-state index in [4.69, 9.17) is 4.74 Å². The molecule has 0 aliphatic heterocycles. The number of H-pyrrole nitrogens is 1. The van der Waals surface area contributed by atoms with Crippen molar-refractivity contribution in [2.75, 3.05) is 19.0 Å². The van der Waals surface area contributed by atoms with Gasteiger partial charge in [0.2, 0.25) is 5.95 Å². The average molecular weight is 389 g/mol. The van der Waals surface area contributed by atoms with Gasteiger partial charge in [0.25, 0.3) is 0 Å². The van der Waals surface area contributed by atoms with Crippen molar-refractivity contribution in [3.63, 3.8) is 0 Å². The number of amides is 2. The Bertz CT molecular complexity index is 1140. The molecule has 4 rings (SSSR count). The van der Waals surface area contributed by atoms with Gasteiger partial charge in [-0.3, -0.25) is 10.3 Å². The lowest BCUT2D eigenvalue weighted by atomic mass is 10.0. The number of hydrogen-bond donors (Lipinski definition) is 3. The summed E-state index contributed by atoms with van der Waals surface area (Å²) in [5, 5.41) is 5.39. The van der Waals surface area contributed by atoms with E-state index in [-0.39, 0.29) is 6.03 Å². The van der Waals surface area contributed by atoms with Gasteiger partial charge >= 0.3 is 12.0 Å². The minimum absolute atomic E-state index is 0.299. The van der Waals surface area contributed by atoms with Crippen LogP contribution in [0.2, 0.25) is 0 Å². The molecule has 9 heteroatoms.